The smallest absolute Gasteiger partial charge is 0.410 e. The predicted octanol–water partition coefficient (Wildman–Crippen LogP) is 3.32. The summed E-state index contributed by atoms with van der Waals surface area (Å²) in [4.78, 5) is 39.9. The molecule has 3 rings (SSSR count). The summed E-state index contributed by atoms with van der Waals surface area (Å²) in [5.74, 6) is -0.0925. The molecule has 10 heteroatoms. The van der Waals surface area contributed by atoms with E-state index in [0.717, 1.165) is 10.4 Å². The van der Waals surface area contributed by atoms with Crippen molar-refractivity contribution >= 4 is 34.3 Å². The fourth-order valence-electron chi connectivity index (χ4n) is 3.34. The zero-order chi connectivity index (χ0) is 22.5. The van der Waals surface area contributed by atoms with E-state index >= 15 is 0 Å². The van der Waals surface area contributed by atoms with Crippen molar-refractivity contribution in [1.29, 1.82) is 0 Å². The Balaban J connectivity index is 1.92. The van der Waals surface area contributed by atoms with Gasteiger partial charge in [0.15, 0.2) is 0 Å². The normalized spacial score (nSPS) is 12.6. The zero-order valence-electron chi connectivity index (χ0n) is 17.8. The summed E-state index contributed by atoms with van der Waals surface area (Å²) in [5.41, 5.74) is 1.37. The van der Waals surface area contributed by atoms with E-state index in [0.29, 0.717) is 47.1 Å². The molecule has 1 aromatic heterocycles. The van der Waals surface area contributed by atoms with Gasteiger partial charge in [0, 0.05) is 17.5 Å². The lowest BCUT2D eigenvalue weighted by molar-refractivity contribution is 0.0600. The van der Waals surface area contributed by atoms with Gasteiger partial charge in [-0.2, -0.15) is 0 Å². The van der Waals surface area contributed by atoms with E-state index in [9.17, 15) is 14.4 Å². The summed E-state index contributed by atoms with van der Waals surface area (Å²) >= 11 is 1.24. The average Bonchev–Trinajstić information content (AvgIpc) is 3.14. The van der Waals surface area contributed by atoms with Gasteiger partial charge in [-0.25, -0.2) is 9.59 Å². The van der Waals surface area contributed by atoms with Gasteiger partial charge >= 0.3 is 12.1 Å². The number of rotatable bonds is 6. The zero-order valence-corrected chi connectivity index (χ0v) is 18.6. The van der Waals surface area contributed by atoms with Crippen molar-refractivity contribution in [3.05, 3.63) is 39.8 Å². The number of amides is 2. The lowest BCUT2D eigenvalue weighted by atomic mass is 10.0. The number of carbonyl (C=O) groups excluding carboxylic acids is 3. The molecular formula is C21H24N2O7S. The van der Waals surface area contributed by atoms with Crippen molar-refractivity contribution in [2.75, 3.05) is 39.8 Å². The molecule has 2 aromatic rings. The van der Waals surface area contributed by atoms with E-state index < -0.39 is 18.0 Å². The first-order valence-electron chi connectivity index (χ1n) is 9.61. The third kappa shape index (κ3) is 4.58. The van der Waals surface area contributed by atoms with Crippen molar-refractivity contribution in [1.82, 2.24) is 4.90 Å². The molecule has 1 aliphatic heterocycles. The molecule has 0 saturated carbocycles. The van der Waals surface area contributed by atoms with Crippen LogP contribution in [-0.4, -0.2) is 57.4 Å². The van der Waals surface area contributed by atoms with Crippen LogP contribution in [0.3, 0.4) is 0 Å². The first-order chi connectivity index (χ1) is 14.9. The Bertz CT molecular complexity index is 1000. The van der Waals surface area contributed by atoms with E-state index in [4.69, 9.17) is 18.9 Å². The lowest BCUT2D eigenvalue weighted by Gasteiger charge is -2.26. The molecule has 31 heavy (non-hydrogen) atoms. The van der Waals surface area contributed by atoms with E-state index in [2.05, 4.69) is 5.32 Å². The Morgan fingerprint density at radius 1 is 1.16 bits per heavy atom. The van der Waals surface area contributed by atoms with Gasteiger partial charge in [-0.05, 0) is 31.0 Å². The van der Waals surface area contributed by atoms with Gasteiger partial charge in [0.25, 0.3) is 5.91 Å². The van der Waals surface area contributed by atoms with Crippen LogP contribution in [0.4, 0.5) is 9.80 Å². The highest BCUT2D eigenvalue weighted by Gasteiger charge is 2.31. The second-order valence-corrected chi connectivity index (χ2v) is 7.70. The monoisotopic (exact) mass is 448 g/mol. The molecule has 0 saturated heterocycles. The molecule has 1 aromatic carbocycles. The number of fused-ring (bicyclic) bond motifs is 1. The van der Waals surface area contributed by atoms with Gasteiger partial charge < -0.3 is 29.2 Å². The number of nitrogens with one attached hydrogen (secondary N) is 1. The maximum atomic E-state index is 13.0. The van der Waals surface area contributed by atoms with E-state index in [-0.39, 0.29) is 6.61 Å². The second kappa shape index (κ2) is 9.69. The Morgan fingerprint density at radius 3 is 2.58 bits per heavy atom. The summed E-state index contributed by atoms with van der Waals surface area (Å²) in [5, 5.41) is 3.17. The number of hydrogen-bond acceptors (Lipinski definition) is 8. The van der Waals surface area contributed by atoms with Crippen LogP contribution in [0.25, 0.3) is 0 Å². The number of esters is 1. The van der Waals surface area contributed by atoms with Gasteiger partial charge in [0.1, 0.15) is 16.5 Å². The Kier molecular flexibility index (Phi) is 7.01. The van der Waals surface area contributed by atoms with Crippen molar-refractivity contribution in [2.45, 2.75) is 19.9 Å². The number of ether oxygens (including phenoxy) is 4. The minimum Gasteiger partial charge on any atom is -0.497 e. The van der Waals surface area contributed by atoms with Crippen molar-refractivity contribution in [3.63, 3.8) is 0 Å². The number of hydrogen-bond donors (Lipinski definition) is 1. The molecule has 0 aliphatic carbocycles. The van der Waals surface area contributed by atoms with E-state index in [1.54, 1.807) is 30.0 Å². The molecule has 0 unspecified atom stereocenters. The van der Waals surface area contributed by atoms with E-state index in [1.807, 2.05) is 0 Å². The van der Waals surface area contributed by atoms with Crippen LogP contribution < -0.4 is 14.8 Å². The van der Waals surface area contributed by atoms with Gasteiger partial charge in [-0.3, -0.25) is 4.79 Å². The number of nitrogens with zero attached hydrogens (tertiary/aromatic N) is 1. The van der Waals surface area contributed by atoms with Gasteiger partial charge in [-0.1, -0.05) is 0 Å². The highest BCUT2D eigenvalue weighted by atomic mass is 32.1. The largest absolute Gasteiger partial charge is 0.497 e. The van der Waals surface area contributed by atoms with Crippen LogP contribution in [0, 0.1) is 0 Å². The molecule has 0 atom stereocenters. The van der Waals surface area contributed by atoms with Crippen LogP contribution >= 0.6 is 11.3 Å². The molecule has 1 N–H and O–H groups in total. The minimum absolute atomic E-state index is 0.283. The Labute approximate surface area is 183 Å². The quantitative estimate of drug-likeness (QED) is 0.676. The highest BCUT2D eigenvalue weighted by Crippen LogP contribution is 2.38. The fraction of sp³-hybridized carbons (Fsp3) is 0.381. The number of anilines is 1. The summed E-state index contributed by atoms with van der Waals surface area (Å²) in [6, 6.07) is 4.84. The van der Waals surface area contributed by atoms with Crippen molar-refractivity contribution in [3.8, 4) is 11.5 Å². The Hall–Kier alpha value is -3.27. The van der Waals surface area contributed by atoms with Gasteiger partial charge in [0.05, 0.1) is 45.6 Å². The summed E-state index contributed by atoms with van der Waals surface area (Å²) in [6.45, 7) is 2.73. The van der Waals surface area contributed by atoms with Gasteiger partial charge in [0.2, 0.25) is 0 Å². The lowest BCUT2D eigenvalue weighted by Crippen LogP contribution is -2.36. The molecule has 0 fully saturated rings. The summed E-state index contributed by atoms with van der Waals surface area (Å²) < 4.78 is 20.5. The Morgan fingerprint density at radius 2 is 1.94 bits per heavy atom. The maximum Gasteiger partial charge on any atom is 0.410 e. The van der Waals surface area contributed by atoms with Crippen LogP contribution in [0.5, 0.6) is 11.5 Å². The van der Waals surface area contributed by atoms with Crippen LogP contribution in [0.1, 0.15) is 38.1 Å². The summed E-state index contributed by atoms with van der Waals surface area (Å²) in [7, 11) is 4.27. The average molecular weight is 448 g/mol. The standard InChI is InChI=1S/C21H24N2O7S/c1-5-30-21(26)23-9-8-14-16(11-23)31-19(17(14)20(25)29-4)22-18(24)13-7-6-12(27-2)10-15(13)28-3/h6-7,10H,5,8-9,11H2,1-4H3,(H,22,24). The van der Waals surface area contributed by atoms with Crippen molar-refractivity contribution in [2.24, 2.45) is 0 Å². The van der Waals surface area contributed by atoms with E-state index in [1.165, 1.54) is 32.7 Å². The second-order valence-electron chi connectivity index (χ2n) is 6.59. The predicted molar refractivity (Wildman–Crippen MR) is 114 cm³/mol. The number of benzene rings is 1. The SMILES string of the molecule is CCOC(=O)N1CCc2c(sc(NC(=O)c3ccc(OC)cc3OC)c2C(=O)OC)C1. The molecule has 2 amide bonds. The third-order valence-corrected chi connectivity index (χ3v) is 5.98. The summed E-state index contributed by atoms with van der Waals surface area (Å²) in [6.07, 6.45) is 0.0475. The number of thiophene rings is 1. The molecule has 1 aliphatic rings. The highest BCUT2D eigenvalue weighted by molar-refractivity contribution is 7.17. The maximum absolute atomic E-state index is 13.0. The molecule has 9 nitrogen and oxygen atoms in total. The molecule has 2 heterocycles. The molecule has 0 spiro atoms. The van der Waals surface area contributed by atoms with Crippen molar-refractivity contribution < 1.29 is 33.3 Å². The number of methoxy groups -OCH3 is 3. The first-order valence-corrected chi connectivity index (χ1v) is 10.4. The fourth-order valence-corrected chi connectivity index (χ4v) is 4.58. The van der Waals surface area contributed by atoms with Crippen LogP contribution in [0.15, 0.2) is 18.2 Å². The third-order valence-electron chi connectivity index (χ3n) is 4.85. The van der Waals surface area contributed by atoms with Crippen LogP contribution in [0.2, 0.25) is 0 Å². The van der Waals surface area contributed by atoms with Crippen LogP contribution in [-0.2, 0) is 22.4 Å². The molecule has 0 bridgehead atoms. The minimum atomic E-state index is -0.543. The topological polar surface area (TPSA) is 103 Å². The molecular weight excluding hydrogens is 424 g/mol. The first kappa shape index (κ1) is 22.4. The number of carbonyl (C=O) groups is 3. The molecule has 0 radical (unpaired) electrons. The van der Waals surface area contributed by atoms with Gasteiger partial charge in [-0.15, -0.1) is 11.3 Å². The molecule has 166 valence electrons.